The molecule has 1 N–H and O–H groups in total. The van der Waals surface area contributed by atoms with Crippen LogP contribution in [0.5, 0.6) is 5.75 Å². The predicted octanol–water partition coefficient (Wildman–Crippen LogP) is 2.16. The van der Waals surface area contributed by atoms with Crippen molar-refractivity contribution in [3.05, 3.63) is 30.3 Å². The minimum Gasteiger partial charge on any atom is -0.491 e. The number of aliphatic hydroxyl groups excluding tert-OH is 1. The van der Waals surface area contributed by atoms with Crippen molar-refractivity contribution in [2.75, 3.05) is 26.2 Å². The van der Waals surface area contributed by atoms with Crippen molar-refractivity contribution in [2.45, 2.75) is 25.9 Å². The summed E-state index contributed by atoms with van der Waals surface area (Å²) in [6.45, 7) is 5.91. The molecule has 3 heteroatoms. The molecule has 0 aromatic heterocycles. The van der Waals surface area contributed by atoms with Gasteiger partial charge in [0.05, 0.1) is 6.10 Å². The minimum absolute atomic E-state index is 0.343. The van der Waals surface area contributed by atoms with Crippen LogP contribution in [0.3, 0.4) is 0 Å². The number of piperidine rings is 1. The van der Waals surface area contributed by atoms with E-state index in [0.29, 0.717) is 12.5 Å². The molecular weight excluding hydrogens is 226 g/mol. The van der Waals surface area contributed by atoms with Crippen LogP contribution in [-0.4, -0.2) is 42.4 Å². The van der Waals surface area contributed by atoms with Gasteiger partial charge in [0.15, 0.2) is 0 Å². The van der Waals surface area contributed by atoms with Crippen LogP contribution in [0.15, 0.2) is 30.3 Å². The van der Waals surface area contributed by atoms with Crippen LogP contribution in [-0.2, 0) is 0 Å². The molecular formula is C15H23NO2. The fourth-order valence-corrected chi connectivity index (χ4v) is 2.49. The summed E-state index contributed by atoms with van der Waals surface area (Å²) in [4.78, 5) is 2.43. The molecule has 0 radical (unpaired) electrons. The topological polar surface area (TPSA) is 32.7 Å². The maximum atomic E-state index is 10.2. The third-order valence-electron chi connectivity index (χ3n) is 3.79. The Hall–Kier alpha value is -1.06. The van der Waals surface area contributed by atoms with Crippen LogP contribution in [0.4, 0.5) is 0 Å². The molecule has 3 nitrogen and oxygen atoms in total. The number of ether oxygens (including phenoxy) is 1. The molecule has 1 aromatic carbocycles. The molecule has 18 heavy (non-hydrogen) atoms. The van der Waals surface area contributed by atoms with Gasteiger partial charge in [0.25, 0.3) is 0 Å². The number of para-hydroxylation sites is 1. The first-order valence-electron chi connectivity index (χ1n) is 6.88. The highest BCUT2D eigenvalue weighted by molar-refractivity contribution is 5.20. The van der Waals surface area contributed by atoms with Gasteiger partial charge in [-0.05, 0) is 50.5 Å². The highest BCUT2D eigenvalue weighted by Gasteiger charge is 2.24. The third kappa shape index (κ3) is 3.72. The molecule has 1 fully saturated rings. The maximum absolute atomic E-state index is 10.2. The molecule has 1 unspecified atom stereocenters. The van der Waals surface area contributed by atoms with Gasteiger partial charge in [0, 0.05) is 0 Å². The SMILES string of the molecule is CCN1CCC(C(O)COc2ccccc2)CC1. The van der Waals surface area contributed by atoms with E-state index in [1.165, 1.54) is 0 Å². The standard InChI is InChI=1S/C15H23NO2/c1-2-16-10-8-13(9-11-16)15(17)12-18-14-6-4-3-5-7-14/h3-7,13,15,17H,2,8-12H2,1H3. The summed E-state index contributed by atoms with van der Waals surface area (Å²) in [5, 5.41) is 10.2. The number of rotatable bonds is 5. The quantitative estimate of drug-likeness (QED) is 0.868. The first kappa shape index (κ1) is 13.4. The maximum Gasteiger partial charge on any atom is 0.119 e. The Kier molecular flexibility index (Phi) is 5.02. The summed E-state index contributed by atoms with van der Waals surface area (Å²) in [6, 6.07) is 9.70. The zero-order valence-corrected chi connectivity index (χ0v) is 11.1. The smallest absolute Gasteiger partial charge is 0.119 e. The van der Waals surface area contributed by atoms with Gasteiger partial charge in [-0.15, -0.1) is 0 Å². The zero-order valence-electron chi connectivity index (χ0n) is 11.1. The second-order valence-electron chi connectivity index (χ2n) is 4.96. The summed E-state index contributed by atoms with van der Waals surface area (Å²) >= 11 is 0. The number of likely N-dealkylation sites (tertiary alicyclic amines) is 1. The second kappa shape index (κ2) is 6.76. The Morgan fingerprint density at radius 3 is 2.56 bits per heavy atom. The summed E-state index contributed by atoms with van der Waals surface area (Å²) in [5.41, 5.74) is 0. The molecule has 100 valence electrons. The van der Waals surface area contributed by atoms with Gasteiger partial charge in [0.2, 0.25) is 0 Å². The van der Waals surface area contributed by atoms with Crippen LogP contribution in [0, 0.1) is 5.92 Å². The largest absolute Gasteiger partial charge is 0.491 e. The molecule has 0 spiro atoms. The van der Waals surface area contributed by atoms with E-state index in [-0.39, 0.29) is 6.10 Å². The molecule has 1 atom stereocenters. The molecule has 1 aliphatic rings. The number of nitrogens with zero attached hydrogens (tertiary/aromatic N) is 1. The van der Waals surface area contributed by atoms with Crippen LogP contribution in [0.25, 0.3) is 0 Å². The lowest BCUT2D eigenvalue weighted by molar-refractivity contribution is 0.0267. The molecule has 0 bridgehead atoms. The first-order valence-corrected chi connectivity index (χ1v) is 6.88. The van der Waals surface area contributed by atoms with Gasteiger partial charge >= 0.3 is 0 Å². The van der Waals surface area contributed by atoms with E-state index in [1.54, 1.807) is 0 Å². The van der Waals surface area contributed by atoms with Crippen molar-refractivity contribution in [2.24, 2.45) is 5.92 Å². The van der Waals surface area contributed by atoms with Crippen molar-refractivity contribution >= 4 is 0 Å². The second-order valence-corrected chi connectivity index (χ2v) is 4.96. The van der Waals surface area contributed by atoms with Gasteiger partial charge in [-0.3, -0.25) is 0 Å². The molecule has 1 aliphatic heterocycles. The lowest BCUT2D eigenvalue weighted by Crippen LogP contribution is -2.39. The Labute approximate surface area is 109 Å². The minimum atomic E-state index is -0.343. The number of benzene rings is 1. The molecule has 0 saturated carbocycles. The van der Waals surface area contributed by atoms with Crippen molar-refractivity contribution < 1.29 is 9.84 Å². The van der Waals surface area contributed by atoms with Crippen LogP contribution in [0.1, 0.15) is 19.8 Å². The van der Waals surface area contributed by atoms with E-state index in [1.807, 2.05) is 30.3 Å². The number of hydrogen-bond acceptors (Lipinski definition) is 3. The molecule has 0 aliphatic carbocycles. The monoisotopic (exact) mass is 249 g/mol. The van der Waals surface area contributed by atoms with Gasteiger partial charge in [-0.1, -0.05) is 25.1 Å². The van der Waals surface area contributed by atoms with E-state index in [0.717, 1.165) is 38.2 Å². The first-order chi connectivity index (χ1) is 8.79. The predicted molar refractivity (Wildman–Crippen MR) is 72.8 cm³/mol. The summed E-state index contributed by atoms with van der Waals surface area (Å²) < 4.78 is 5.61. The Morgan fingerprint density at radius 1 is 1.28 bits per heavy atom. The highest BCUT2D eigenvalue weighted by atomic mass is 16.5. The van der Waals surface area contributed by atoms with Gasteiger partial charge in [-0.2, -0.15) is 0 Å². The van der Waals surface area contributed by atoms with E-state index in [9.17, 15) is 5.11 Å². The van der Waals surface area contributed by atoms with Gasteiger partial charge in [-0.25, -0.2) is 0 Å². The van der Waals surface area contributed by atoms with Crippen LogP contribution < -0.4 is 4.74 Å². The third-order valence-corrected chi connectivity index (χ3v) is 3.79. The summed E-state index contributed by atoms with van der Waals surface area (Å²) in [5.74, 6) is 1.22. The average molecular weight is 249 g/mol. The van der Waals surface area contributed by atoms with Crippen molar-refractivity contribution in [1.29, 1.82) is 0 Å². The fourth-order valence-electron chi connectivity index (χ4n) is 2.49. The van der Waals surface area contributed by atoms with Crippen molar-refractivity contribution in [3.63, 3.8) is 0 Å². The van der Waals surface area contributed by atoms with Crippen molar-refractivity contribution in [1.82, 2.24) is 4.90 Å². The van der Waals surface area contributed by atoms with Crippen molar-refractivity contribution in [3.8, 4) is 5.75 Å². The molecule has 1 saturated heterocycles. The van der Waals surface area contributed by atoms with Gasteiger partial charge in [0.1, 0.15) is 12.4 Å². The van der Waals surface area contributed by atoms with Crippen LogP contribution >= 0.6 is 0 Å². The van der Waals surface area contributed by atoms with E-state index in [4.69, 9.17) is 4.74 Å². The molecule has 0 amide bonds. The average Bonchev–Trinajstić information content (AvgIpc) is 2.46. The molecule has 1 aromatic rings. The Balaban J connectivity index is 1.73. The molecule has 2 rings (SSSR count). The van der Waals surface area contributed by atoms with Crippen LogP contribution in [0.2, 0.25) is 0 Å². The van der Waals surface area contributed by atoms with E-state index >= 15 is 0 Å². The molecule has 1 heterocycles. The highest BCUT2D eigenvalue weighted by Crippen LogP contribution is 2.21. The van der Waals surface area contributed by atoms with E-state index in [2.05, 4.69) is 11.8 Å². The van der Waals surface area contributed by atoms with E-state index < -0.39 is 0 Å². The Morgan fingerprint density at radius 2 is 1.94 bits per heavy atom. The Bertz CT molecular complexity index is 334. The fraction of sp³-hybridized carbons (Fsp3) is 0.600. The number of aliphatic hydroxyl groups is 1. The summed E-state index contributed by atoms with van der Waals surface area (Å²) in [6.07, 6.45) is 1.81. The normalized spacial score (nSPS) is 19.7. The summed E-state index contributed by atoms with van der Waals surface area (Å²) in [7, 11) is 0. The lowest BCUT2D eigenvalue weighted by Gasteiger charge is -2.33. The lowest BCUT2D eigenvalue weighted by atomic mass is 9.91. The van der Waals surface area contributed by atoms with Gasteiger partial charge < -0.3 is 14.7 Å². The number of hydrogen-bond donors (Lipinski definition) is 1. The zero-order chi connectivity index (χ0) is 12.8.